The van der Waals surface area contributed by atoms with E-state index in [0.717, 1.165) is 10.0 Å². The normalized spacial score (nSPS) is 11.8. The topological polar surface area (TPSA) is 58.6 Å². The Labute approximate surface area is 179 Å². The summed E-state index contributed by atoms with van der Waals surface area (Å²) < 4.78 is 20.1. The van der Waals surface area contributed by atoms with Crippen LogP contribution in [0.4, 0.5) is 4.39 Å². The zero-order valence-electron chi connectivity index (χ0n) is 16.8. The molecule has 0 aliphatic heterocycles. The largest absolute Gasteiger partial charge is 0.481 e. The summed E-state index contributed by atoms with van der Waals surface area (Å²) in [7, 11) is 0. The summed E-state index contributed by atoms with van der Waals surface area (Å²) in [4.78, 5) is 26.9. The molecule has 1 N–H and O–H groups in total. The molecule has 2 aromatic rings. The number of benzene rings is 2. The van der Waals surface area contributed by atoms with Gasteiger partial charge >= 0.3 is 0 Å². The van der Waals surface area contributed by atoms with Crippen LogP contribution in [0.25, 0.3) is 0 Å². The number of nitrogens with zero attached hydrogens (tertiary/aromatic N) is 1. The van der Waals surface area contributed by atoms with Gasteiger partial charge in [0.25, 0.3) is 5.91 Å². The van der Waals surface area contributed by atoms with Gasteiger partial charge in [-0.3, -0.25) is 9.59 Å². The van der Waals surface area contributed by atoms with E-state index in [-0.39, 0.29) is 24.8 Å². The van der Waals surface area contributed by atoms with Crippen LogP contribution in [0.15, 0.2) is 53.0 Å². The van der Waals surface area contributed by atoms with E-state index in [2.05, 4.69) is 21.2 Å². The predicted molar refractivity (Wildman–Crippen MR) is 114 cm³/mol. The van der Waals surface area contributed by atoms with Crippen LogP contribution < -0.4 is 10.1 Å². The van der Waals surface area contributed by atoms with E-state index in [1.165, 1.54) is 17.0 Å². The maximum atomic E-state index is 13.8. The van der Waals surface area contributed by atoms with Crippen LogP contribution in [0.3, 0.4) is 0 Å². The van der Waals surface area contributed by atoms with Crippen molar-refractivity contribution < 1.29 is 18.7 Å². The van der Waals surface area contributed by atoms with Crippen LogP contribution in [0.2, 0.25) is 0 Å². The Bertz CT molecular complexity index is 827. The van der Waals surface area contributed by atoms with Gasteiger partial charge in [-0.05, 0) is 42.7 Å². The number of para-hydroxylation sites is 1. The molecule has 29 heavy (non-hydrogen) atoms. The molecule has 0 unspecified atom stereocenters. The number of carbonyl (C=O) groups excluding carboxylic acids is 2. The molecule has 1 atom stereocenters. The first-order valence-corrected chi connectivity index (χ1v) is 10.3. The summed E-state index contributed by atoms with van der Waals surface area (Å²) in [6.45, 7) is 6.07. The standard InChI is InChI=1S/C22H26BrFN2O3/c1-15(2)12-25-22(28)16(3)26(13-17-8-10-18(23)11-9-17)21(27)14-29-20-7-5-4-6-19(20)24/h4-11,15-16H,12-14H2,1-3H3,(H,25,28)/t16-/m1/s1. The number of rotatable bonds is 9. The van der Waals surface area contributed by atoms with Gasteiger partial charge in [-0.25, -0.2) is 4.39 Å². The van der Waals surface area contributed by atoms with Crippen molar-refractivity contribution in [1.82, 2.24) is 10.2 Å². The maximum absolute atomic E-state index is 13.8. The van der Waals surface area contributed by atoms with Gasteiger partial charge in [-0.15, -0.1) is 0 Å². The zero-order chi connectivity index (χ0) is 21.4. The minimum atomic E-state index is -0.700. The Morgan fingerprint density at radius 3 is 2.38 bits per heavy atom. The number of amides is 2. The minimum absolute atomic E-state index is 0.00125. The maximum Gasteiger partial charge on any atom is 0.261 e. The molecular formula is C22H26BrFN2O3. The molecule has 0 aliphatic carbocycles. The predicted octanol–water partition coefficient (Wildman–Crippen LogP) is 4.16. The lowest BCUT2D eigenvalue weighted by molar-refractivity contribution is -0.142. The summed E-state index contributed by atoms with van der Waals surface area (Å²) in [6, 6.07) is 12.7. The molecule has 0 radical (unpaired) electrons. The highest BCUT2D eigenvalue weighted by atomic mass is 79.9. The average Bonchev–Trinajstić information content (AvgIpc) is 2.70. The lowest BCUT2D eigenvalue weighted by atomic mass is 10.1. The van der Waals surface area contributed by atoms with Gasteiger partial charge < -0.3 is 15.0 Å². The SMILES string of the molecule is CC(C)CNC(=O)[C@@H](C)N(Cc1ccc(Br)cc1)C(=O)COc1ccccc1F. The Morgan fingerprint density at radius 2 is 1.76 bits per heavy atom. The molecule has 0 aliphatic rings. The molecule has 2 aromatic carbocycles. The molecule has 0 bridgehead atoms. The molecule has 0 saturated carbocycles. The summed E-state index contributed by atoms with van der Waals surface area (Å²) in [5, 5.41) is 2.85. The number of nitrogens with one attached hydrogen (secondary N) is 1. The second-order valence-electron chi connectivity index (χ2n) is 7.18. The van der Waals surface area contributed by atoms with Gasteiger partial charge in [0.05, 0.1) is 0 Å². The van der Waals surface area contributed by atoms with Crippen LogP contribution >= 0.6 is 15.9 Å². The third-order valence-electron chi connectivity index (χ3n) is 4.31. The highest BCUT2D eigenvalue weighted by Gasteiger charge is 2.26. The highest BCUT2D eigenvalue weighted by molar-refractivity contribution is 9.10. The quantitative estimate of drug-likeness (QED) is 0.605. The third-order valence-corrected chi connectivity index (χ3v) is 4.83. The van der Waals surface area contributed by atoms with Crippen molar-refractivity contribution in [2.24, 2.45) is 5.92 Å². The Kier molecular flexibility index (Phi) is 8.64. The van der Waals surface area contributed by atoms with E-state index in [1.807, 2.05) is 38.1 Å². The fraction of sp³-hybridized carbons (Fsp3) is 0.364. The van der Waals surface area contributed by atoms with Crippen molar-refractivity contribution in [3.8, 4) is 5.75 Å². The lowest BCUT2D eigenvalue weighted by Crippen LogP contribution is -2.49. The Hall–Kier alpha value is -2.41. The molecule has 2 rings (SSSR count). The second kappa shape index (κ2) is 11.0. The summed E-state index contributed by atoms with van der Waals surface area (Å²) in [6.07, 6.45) is 0. The average molecular weight is 465 g/mol. The fourth-order valence-corrected chi connectivity index (χ4v) is 2.87. The first kappa shape index (κ1) is 22.9. The van der Waals surface area contributed by atoms with E-state index in [4.69, 9.17) is 4.74 Å². The van der Waals surface area contributed by atoms with Crippen molar-refractivity contribution in [2.45, 2.75) is 33.4 Å². The number of hydrogen-bond acceptors (Lipinski definition) is 3. The van der Waals surface area contributed by atoms with Crippen molar-refractivity contribution in [3.63, 3.8) is 0 Å². The summed E-state index contributed by atoms with van der Waals surface area (Å²) in [5.41, 5.74) is 0.871. The van der Waals surface area contributed by atoms with E-state index in [1.54, 1.807) is 19.1 Å². The molecule has 2 amide bonds. The van der Waals surface area contributed by atoms with Gasteiger partial charge in [-0.1, -0.05) is 54.0 Å². The van der Waals surface area contributed by atoms with Crippen LogP contribution in [0, 0.1) is 11.7 Å². The smallest absolute Gasteiger partial charge is 0.261 e. The fourth-order valence-electron chi connectivity index (χ4n) is 2.61. The van der Waals surface area contributed by atoms with Crippen molar-refractivity contribution in [3.05, 3.63) is 64.4 Å². The number of ether oxygens (including phenoxy) is 1. The molecule has 0 heterocycles. The summed E-state index contributed by atoms with van der Waals surface area (Å²) >= 11 is 3.38. The molecule has 0 fully saturated rings. The van der Waals surface area contributed by atoms with E-state index < -0.39 is 17.8 Å². The van der Waals surface area contributed by atoms with Crippen LogP contribution in [-0.4, -0.2) is 35.9 Å². The monoisotopic (exact) mass is 464 g/mol. The molecule has 156 valence electrons. The van der Waals surface area contributed by atoms with Crippen molar-refractivity contribution >= 4 is 27.7 Å². The van der Waals surface area contributed by atoms with Crippen LogP contribution in [-0.2, 0) is 16.1 Å². The molecule has 7 heteroatoms. The first-order valence-electron chi connectivity index (χ1n) is 9.47. The van der Waals surface area contributed by atoms with Gasteiger partial charge in [-0.2, -0.15) is 0 Å². The number of carbonyl (C=O) groups is 2. The van der Waals surface area contributed by atoms with Gasteiger partial charge in [0.15, 0.2) is 18.2 Å². The van der Waals surface area contributed by atoms with E-state index in [9.17, 15) is 14.0 Å². The van der Waals surface area contributed by atoms with E-state index in [0.29, 0.717) is 12.5 Å². The zero-order valence-corrected chi connectivity index (χ0v) is 18.4. The second-order valence-corrected chi connectivity index (χ2v) is 8.10. The Morgan fingerprint density at radius 1 is 1.10 bits per heavy atom. The number of halogens is 2. The first-order chi connectivity index (χ1) is 13.8. The van der Waals surface area contributed by atoms with Gasteiger partial charge in [0.2, 0.25) is 5.91 Å². The molecule has 0 aromatic heterocycles. The van der Waals surface area contributed by atoms with Crippen molar-refractivity contribution in [1.29, 1.82) is 0 Å². The molecular weight excluding hydrogens is 439 g/mol. The highest BCUT2D eigenvalue weighted by Crippen LogP contribution is 2.17. The molecule has 0 saturated heterocycles. The minimum Gasteiger partial charge on any atom is -0.481 e. The van der Waals surface area contributed by atoms with E-state index >= 15 is 0 Å². The van der Waals surface area contributed by atoms with Crippen LogP contribution in [0.5, 0.6) is 5.75 Å². The van der Waals surface area contributed by atoms with Crippen LogP contribution in [0.1, 0.15) is 26.3 Å². The molecule has 0 spiro atoms. The van der Waals surface area contributed by atoms with Gasteiger partial charge in [0.1, 0.15) is 6.04 Å². The van der Waals surface area contributed by atoms with Gasteiger partial charge in [0, 0.05) is 17.6 Å². The Balaban J connectivity index is 2.13. The molecule has 5 nitrogen and oxygen atoms in total. The summed E-state index contributed by atoms with van der Waals surface area (Å²) in [5.74, 6) is -0.881. The van der Waals surface area contributed by atoms with Crippen molar-refractivity contribution in [2.75, 3.05) is 13.2 Å². The third kappa shape index (κ3) is 7.16. The lowest BCUT2D eigenvalue weighted by Gasteiger charge is -2.29. The number of hydrogen-bond donors (Lipinski definition) is 1.